The fourth-order valence-electron chi connectivity index (χ4n) is 7.72. The van der Waals surface area contributed by atoms with Gasteiger partial charge in [-0.2, -0.15) is 0 Å². The van der Waals surface area contributed by atoms with Gasteiger partial charge in [0.05, 0.1) is 16.7 Å². The van der Waals surface area contributed by atoms with Crippen LogP contribution in [0.3, 0.4) is 0 Å². The van der Waals surface area contributed by atoms with E-state index in [4.69, 9.17) is 0 Å². The van der Waals surface area contributed by atoms with Gasteiger partial charge in [-0.3, -0.25) is 0 Å². The van der Waals surface area contributed by atoms with Gasteiger partial charge in [0, 0.05) is 59.1 Å². The summed E-state index contributed by atoms with van der Waals surface area (Å²) < 4.78 is 5.03. The third-order valence-electron chi connectivity index (χ3n) is 9.97. The molecule has 2 heterocycles. The van der Waals surface area contributed by atoms with Crippen molar-refractivity contribution < 1.29 is 0 Å². The minimum Gasteiger partial charge on any atom is -0.310 e. The second-order valence-corrected chi connectivity index (χ2v) is 14.0. The molecule has 0 fully saturated rings. The summed E-state index contributed by atoms with van der Waals surface area (Å²) in [6, 6.07) is 70.4. The lowest BCUT2D eigenvalue weighted by molar-refractivity contribution is 1.18. The lowest BCUT2D eigenvalue weighted by atomic mass is 9.99. The molecule has 0 spiro atoms. The second-order valence-electron chi connectivity index (χ2n) is 12.9. The lowest BCUT2D eigenvalue weighted by Crippen LogP contribution is -2.11. The van der Waals surface area contributed by atoms with E-state index in [0.29, 0.717) is 0 Å². The Morgan fingerprint density at radius 3 is 1.90 bits per heavy atom. The normalized spacial score (nSPS) is 11.5. The van der Waals surface area contributed by atoms with E-state index >= 15 is 0 Å². The highest BCUT2D eigenvalue weighted by Gasteiger charge is 2.21. The molecular formula is C48H32N2S. The van der Waals surface area contributed by atoms with Crippen molar-refractivity contribution in [1.82, 2.24) is 4.57 Å². The van der Waals surface area contributed by atoms with Crippen molar-refractivity contribution in [3.63, 3.8) is 0 Å². The first-order chi connectivity index (χ1) is 25.3. The molecule has 0 aliphatic rings. The van der Waals surface area contributed by atoms with E-state index in [1.54, 1.807) is 0 Å². The molecule has 0 saturated carbocycles. The maximum atomic E-state index is 2.44. The summed E-state index contributed by atoms with van der Waals surface area (Å²) in [7, 11) is 0. The monoisotopic (exact) mass is 668 g/mol. The van der Waals surface area contributed by atoms with Crippen LogP contribution in [0.4, 0.5) is 17.1 Å². The van der Waals surface area contributed by atoms with Gasteiger partial charge in [0.15, 0.2) is 0 Å². The van der Waals surface area contributed by atoms with Gasteiger partial charge in [-0.15, -0.1) is 11.3 Å². The van der Waals surface area contributed by atoms with Gasteiger partial charge in [0.2, 0.25) is 0 Å². The van der Waals surface area contributed by atoms with Crippen molar-refractivity contribution in [2.45, 2.75) is 0 Å². The van der Waals surface area contributed by atoms with Gasteiger partial charge in [0.25, 0.3) is 0 Å². The molecule has 0 atom stereocenters. The SMILES string of the molecule is c1ccc(-c2ccccc2N(c2cccc(-c3cccc4c5ccccc5n(-c5ccccc5)c34)c2)c2ccc3sc4ccccc4c3c2)cc1. The Hall–Kier alpha value is -6.42. The highest BCUT2D eigenvalue weighted by atomic mass is 32.1. The molecule has 240 valence electrons. The van der Waals surface area contributed by atoms with Gasteiger partial charge >= 0.3 is 0 Å². The zero-order valence-corrected chi connectivity index (χ0v) is 28.6. The van der Waals surface area contributed by atoms with Gasteiger partial charge in [-0.05, 0) is 71.8 Å². The minimum atomic E-state index is 1.11. The van der Waals surface area contributed by atoms with Crippen LogP contribution >= 0.6 is 11.3 Å². The van der Waals surface area contributed by atoms with Crippen molar-refractivity contribution in [1.29, 1.82) is 0 Å². The predicted molar refractivity (Wildman–Crippen MR) is 219 cm³/mol. The third kappa shape index (κ3) is 4.93. The molecule has 0 N–H and O–H groups in total. The van der Waals surface area contributed by atoms with E-state index in [-0.39, 0.29) is 0 Å². The van der Waals surface area contributed by atoms with Crippen molar-refractivity contribution in [2.24, 2.45) is 0 Å². The van der Waals surface area contributed by atoms with Crippen LogP contribution in [0.2, 0.25) is 0 Å². The molecule has 2 aromatic heterocycles. The van der Waals surface area contributed by atoms with E-state index in [0.717, 1.165) is 22.7 Å². The zero-order chi connectivity index (χ0) is 33.7. The number of hydrogen-bond acceptors (Lipinski definition) is 2. The smallest absolute Gasteiger partial charge is 0.0619 e. The summed E-state index contributed by atoms with van der Waals surface area (Å²) in [5.74, 6) is 0. The van der Waals surface area contributed by atoms with E-state index in [1.807, 2.05) is 11.3 Å². The van der Waals surface area contributed by atoms with Crippen LogP contribution < -0.4 is 4.90 Å². The van der Waals surface area contributed by atoms with Gasteiger partial charge in [-0.25, -0.2) is 0 Å². The Bertz CT molecular complexity index is 2860. The summed E-state index contributed by atoms with van der Waals surface area (Å²) in [5.41, 5.74) is 11.7. The minimum absolute atomic E-state index is 1.11. The van der Waals surface area contributed by atoms with Crippen LogP contribution in [-0.2, 0) is 0 Å². The lowest BCUT2D eigenvalue weighted by Gasteiger charge is -2.28. The first-order valence-corrected chi connectivity index (χ1v) is 18.2. The summed E-state index contributed by atoms with van der Waals surface area (Å²) in [4.78, 5) is 2.44. The van der Waals surface area contributed by atoms with Crippen LogP contribution in [0.25, 0.3) is 69.9 Å². The number of rotatable bonds is 6. The fraction of sp³-hybridized carbons (Fsp3) is 0. The first-order valence-electron chi connectivity index (χ1n) is 17.4. The average Bonchev–Trinajstić information content (AvgIpc) is 3.75. The standard InChI is InChI=1S/C48H32N2S/c1-3-15-33(16-4-1)38-21-7-10-26-44(38)49(37-29-30-47-43(32-37)41-23-9-12-28-46(41)51-47)36-20-13-17-34(31-36)39-24-14-25-42-40-22-8-11-27-45(40)50(48(39)42)35-18-5-2-6-19-35/h1-32H. The maximum Gasteiger partial charge on any atom is 0.0619 e. The number of fused-ring (bicyclic) bond motifs is 6. The molecule has 10 rings (SSSR count). The number of para-hydroxylation sites is 4. The molecular weight excluding hydrogens is 637 g/mol. The van der Waals surface area contributed by atoms with Crippen LogP contribution in [0.1, 0.15) is 0 Å². The molecule has 0 unspecified atom stereocenters. The number of aromatic nitrogens is 1. The van der Waals surface area contributed by atoms with Crippen LogP contribution in [0.15, 0.2) is 194 Å². The summed E-state index contributed by atoms with van der Waals surface area (Å²) in [6.07, 6.45) is 0. The summed E-state index contributed by atoms with van der Waals surface area (Å²) in [6.45, 7) is 0. The molecule has 2 nitrogen and oxygen atoms in total. The van der Waals surface area contributed by atoms with Gasteiger partial charge in [0.1, 0.15) is 0 Å². The van der Waals surface area contributed by atoms with E-state index in [9.17, 15) is 0 Å². The topological polar surface area (TPSA) is 8.17 Å². The number of benzene rings is 8. The maximum absolute atomic E-state index is 2.44. The van der Waals surface area contributed by atoms with E-state index < -0.39 is 0 Å². The fourth-order valence-corrected chi connectivity index (χ4v) is 8.81. The Morgan fingerprint density at radius 1 is 0.392 bits per heavy atom. The van der Waals surface area contributed by atoms with Gasteiger partial charge < -0.3 is 9.47 Å². The molecule has 0 radical (unpaired) electrons. The molecule has 0 amide bonds. The summed E-state index contributed by atoms with van der Waals surface area (Å²) in [5, 5.41) is 5.08. The van der Waals surface area contributed by atoms with Crippen LogP contribution in [-0.4, -0.2) is 4.57 Å². The van der Waals surface area contributed by atoms with Crippen LogP contribution in [0, 0.1) is 0 Å². The molecule has 0 aliphatic carbocycles. The van der Waals surface area contributed by atoms with Crippen molar-refractivity contribution in [3.8, 4) is 27.9 Å². The number of nitrogens with zero attached hydrogens (tertiary/aromatic N) is 2. The van der Waals surface area contributed by atoms with Crippen LogP contribution in [0.5, 0.6) is 0 Å². The largest absolute Gasteiger partial charge is 0.310 e. The predicted octanol–water partition coefficient (Wildman–Crippen LogP) is 14.0. The number of hydrogen-bond donors (Lipinski definition) is 0. The molecule has 8 aromatic carbocycles. The Kier molecular flexibility index (Phi) is 7.04. The summed E-state index contributed by atoms with van der Waals surface area (Å²) >= 11 is 1.85. The average molecular weight is 669 g/mol. The van der Waals surface area contributed by atoms with E-state index in [1.165, 1.54) is 64.2 Å². The molecule has 0 bridgehead atoms. The molecule has 3 heteroatoms. The van der Waals surface area contributed by atoms with Gasteiger partial charge in [-0.1, -0.05) is 133 Å². The van der Waals surface area contributed by atoms with Crippen molar-refractivity contribution >= 4 is 70.4 Å². The highest BCUT2D eigenvalue weighted by Crippen LogP contribution is 2.45. The Morgan fingerprint density at radius 2 is 1.02 bits per heavy atom. The molecule has 10 aromatic rings. The van der Waals surface area contributed by atoms with E-state index in [2.05, 4.69) is 204 Å². The second kappa shape index (κ2) is 12.2. The number of anilines is 3. The Balaban J connectivity index is 1.22. The van der Waals surface area contributed by atoms with Crippen molar-refractivity contribution in [2.75, 3.05) is 4.90 Å². The first kappa shape index (κ1) is 29.5. The zero-order valence-electron chi connectivity index (χ0n) is 27.8. The molecule has 0 saturated heterocycles. The quantitative estimate of drug-likeness (QED) is 0.171. The number of thiophene rings is 1. The third-order valence-corrected chi connectivity index (χ3v) is 11.1. The molecule has 51 heavy (non-hydrogen) atoms. The highest BCUT2D eigenvalue weighted by molar-refractivity contribution is 7.25. The van der Waals surface area contributed by atoms with Crippen molar-refractivity contribution in [3.05, 3.63) is 194 Å². The Labute approximate surface area is 300 Å². The molecule has 0 aliphatic heterocycles.